The van der Waals surface area contributed by atoms with Gasteiger partial charge >= 0.3 is 0 Å². The second-order valence-electron chi connectivity index (χ2n) is 8.46. The molecule has 2 aliphatic rings. The molecule has 172 valence electrons. The number of nitrogens with zero attached hydrogens (tertiary/aromatic N) is 3. The molecule has 0 radical (unpaired) electrons. The first-order valence-electron chi connectivity index (χ1n) is 11.2. The fourth-order valence-corrected chi connectivity index (χ4v) is 3.72. The van der Waals surface area contributed by atoms with Gasteiger partial charge in [-0.1, -0.05) is 13.8 Å². The summed E-state index contributed by atoms with van der Waals surface area (Å²) in [5.41, 5.74) is 0.571. The number of morpholine rings is 1. The number of carbonyl (C=O) groups is 2. The Labute approximate surface area is 185 Å². The predicted molar refractivity (Wildman–Crippen MR) is 118 cm³/mol. The molecule has 1 aromatic rings. The number of hydrogen-bond acceptors (Lipinski definition) is 6. The number of rotatable bonds is 8. The van der Waals surface area contributed by atoms with E-state index in [2.05, 4.69) is 18.7 Å². The molecule has 0 N–H and O–H groups in total. The van der Waals surface area contributed by atoms with E-state index in [9.17, 15) is 9.59 Å². The number of amides is 2. The Morgan fingerprint density at radius 3 is 2.32 bits per heavy atom. The average Bonchev–Trinajstić information content (AvgIpc) is 2.79. The minimum atomic E-state index is -0.0488. The van der Waals surface area contributed by atoms with Crippen LogP contribution in [0.5, 0.6) is 11.5 Å². The maximum absolute atomic E-state index is 13.0. The summed E-state index contributed by atoms with van der Waals surface area (Å²) in [7, 11) is 1.58. The third-order valence-electron chi connectivity index (χ3n) is 5.75. The van der Waals surface area contributed by atoms with Crippen LogP contribution in [-0.2, 0) is 9.53 Å². The minimum absolute atomic E-state index is 0.0488. The molecule has 2 saturated heterocycles. The van der Waals surface area contributed by atoms with Gasteiger partial charge in [0.15, 0.2) is 11.5 Å². The lowest BCUT2D eigenvalue weighted by Gasteiger charge is -2.36. The van der Waals surface area contributed by atoms with Crippen LogP contribution in [-0.4, -0.2) is 99.3 Å². The summed E-state index contributed by atoms with van der Waals surface area (Å²) in [4.78, 5) is 31.3. The second kappa shape index (κ2) is 11.3. The molecule has 0 spiro atoms. The zero-order valence-corrected chi connectivity index (χ0v) is 19.0. The Hall–Kier alpha value is -2.32. The molecule has 2 amide bonds. The van der Waals surface area contributed by atoms with Gasteiger partial charge in [-0.15, -0.1) is 0 Å². The van der Waals surface area contributed by atoms with Gasteiger partial charge in [0, 0.05) is 44.8 Å². The first-order chi connectivity index (χ1) is 15.0. The third kappa shape index (κ3) is 6.58. The van der Waals surface area contributed by atoms with Crippen LogP contribution in [0.3, 0.4) is 0 Å². The molecular weight excluding hydrogens is 398 g/mol. The van der Waals surface area contributed by atoms with E-state index in [1.165, 1.54) is 0 Å². The van der Waals surface area contributed by atoms with Gasteiger partial charge in [0.1, 0.15) is 0 Å². The summed E-state index contributed by atoms with van der Waals surface area (Å²) in [6, 6.07) is 5.32. The summed E-state index contributed by atoms with van der Waals surface area (Å²) >= 11 is 0. The lowest BCUT2D eigenvalue weighted by Crippen LogP contribution is -2.53. The van der Waals surface area contributed by atoms with Crippen LogP contribution in [0.2, 0.25) is 0 Å². The summed E-state index contributed by atoms with van der Waals surface area (Å²) in [6.07, 6.45) is 0.957. The molecule has 8 heteroatoms. The highest BCUT2D eigenvalue weighted by atomic mass is 16.5. The van der Waals surface area contributed by atoms with Gasteiger partial charge in [-0.3, -0.25) is 14.5 Å². The zero-order chi connectivity index (χ0) is 22.2. The standard InChI is InChI=1S/C23H35N3O5/c1-18(2)6-13-31-20-5-4-19(16-21(20)29-3)23(28)26-9-7-25(8-10-26)22(27)17-24-11-14-30-15-12-24/h4-5,16,18H,6-15,17H2,1-3H3. The number of ether oxygens (including phenoxy) is 3. The largest absolute Gasteiger partial charge is 0.493 e. The topological polar surface area (TPSA) is 71.6 Å². The quantitative estimate of drug-likeness (QED) is 0.622. The van der Waals surface area contributed by atoms with Crippen molar-refractivity contribution in [1.82, 2.24) is 14.7 Å². The second-order valence-corrected chi connectivity index (χ2v) is 8.46. The molecule has 0 saturated carbocycles. The fourth-order valence-electron chi connectivity index (χ4n) is 3.72. The van der Waals surface area contributed by atoms with Crippen LogP contribution < -0.4 is 9.47 Å². The van der Waals surface area contributed by atoms with E-state index in [0.717, 1.165) is 19.5 Å². The normalized spacial score (nSPS) is 17.7. The molecule has 2 aliphatic heterocycles. The number of hydrogen-bond donors (Lipinski definition) is 0. The van der Waals surface area contributed by atoms with Crippen molar-refractivity contribution in [3.8, 4) is 11.5 Å². The predicted octanol–water partition coefficient (Wildman–Crippen LogP) is 1.74. The van der Waals surface area contributed by atoms with E-state index >= 15 is 0 Å². The van der Waals surface area contributed by atoms with Crippen LogP contribution in [0.1, 0.15) is 30.6 Å². The maximum Gasteiger partial charge on any atom is 0.254 e. The SMILES string of the molecule is COc1cc(C(=O)N2CCN(C(=O)CN3CCOCC3)CC2)ccc1OCCC(C)C. The van der Waals surface area contributed by atoms with Crippen molar-refractivity contribution in [1.29, 1.82) is 0 Å². The van der Waals surface area contributed by atoms with Crippen molar-refractivity contribution in [2.75, 3.05) is 72.7 Å². The number of methoxy groups -OCH3 is 1. The first kappa shape index (κ1) is 23.3. The highest BCUT2D eigenvalue weighted by molar-refractivity contribution is 5.95. The first-order valence-corrected chi connectivity index (χ1v) is 11.2. The monoisotopic (exact) mass is 433 g/mol. The fraction of sp³-hybridized carbons (Fsp3) is 0.652. The molecule has 0 aliphatic carbocycles. The van der Waals surface area contributed by atoms with Crippen LogP contribution in [0.15, 0.2) is 18.2 Å². The minimum Gasteiger partial charge on any atom is -0.493 e. The molecule has 31 heavy (non-hydrogen) atoms. The average molecular weight is 434 g/mol. The van der Waals surface area contributed by atoms with E-state index in [1.807, 2.05) is 4.90 Å². The molecular formula is C23H35N3O5. The van der Waals surface area contributed by atoms with Crippen molar-refractivity contribution in [3.63, 3.8) is 0 Å². The Bertz CT molecular complexity index is 741. The zero-order valence-electron chi connectivity index (χ0n) is 19.0. The van der Waals surface area contributed by atoms with Crippen LogP contribution in [0.25, 0.3) is 0 Å². The van der Waals surface area contributed by atoms with Gasteiger partial charge < -0.3 is 24.0 Å². The van der Waals surface area contributed by atoms with Crippen LogP contribution in [0, 0.1) is 5.92 Å². The highest BCUT2D eigenvalue weighted by Crippen LogP contribution is 2.29. The Morgan fingerprint density at radius 2 is 1.68 bits per heavy atom. The molecule has 0 unspecified atom stereocenters. The summed E-state index contributed by atoms with van der Waals surface area (Å²) in [6.45, 7) is 10.5. The summed E-state index contributed by atoms with van der Waals surface area (Å²) in [5.74, 6) is 1.85. The lowest BCUT2D eigenvalue weighted by molar-refractivity contribution is -0.134. The molecule has 2 heterocycles. The molecule has 2 fully saturated rings. The van der Waals surface area contributed by atoms with E-state index in [0.29, 0.717) is 75.5 Å². The Morgan fingerprint density at radius 1 is 1.00 bits per heavy atom. The molecule has 3 rings (SSSR count). The van der Waals surface area contributed by atoms with Gasteiger partial charge in [-0.25, -0.2) is 0 Å². The molecule has 8 nitrogen and oxygen atoms in total. The molecule has 0 aromatic heterocycles. The summed E-state index contributed by atoms with van der Waals surface area (Å²) in [5, 5.41) is 0. The van der Waals surface area contributed by atoms with Crippen molar-refractivity contribution in [2.45, 2.75) is 20.3 Å². The van der Waals surface area contributed by atoms with Crippen molar-refractivity contribution in [2.24, 2.45) is 5.92 Å². The highest BCUT2D eigenvalue weighted by Gasteiger charge is 2.26. The van der Waals surface area contributed by atoms with Gasteiger partial charge in [0.25, 0.3) is 5.91 Å². The number of piperazine rings is 1. The lowest BCUT2D eigenvalue weighted by atomic mass is 10.1. The van der Waals surface area contributed by atoms with Crippen molar-refractivity contribution in [3.05, 3.63) is 23.8 Å². The third-order valence-corrected chi connectivity index (χ3v) is 5.75. The maximum atomic E-state index is 13.0. The molecule has 0 bridgehead atoms. The van der Waals surface area contributed by atoms with Crippen molar-refractivity contribution >= 4 is 11.8 Å². The van der Waals surface area contributed by atoms with Gasteiger partial charge in [-0.05, 0) is 30.5 Å². The van der Waals surface area contributed by atoms with E-state index < -0.39 is 0 Å². The van der Waals surface area contributed by atoms with Crippen LogP contribution >= 0.6 is 0 Å². The van der Waals surface area contributed by atoms with E-state index in [-0.39, 0.29) is 11.8 Å². The van der Waals surface area contributed by atoms with Crippen LogP contribution in [0.4, 0.5) is 0 Å². The van der Waals surface area contributed by atoms with Gasteiger partial charge in [0.05, 0.1) is 33.5 Å². The van der Waals surface area contributed by atoms with E-state index in [4.69, 9.17) is 14.2 Å². The van der Waals surface area contributed by atoms with Gasteiger partial charge in [-0.2, -0.15) is 0 Å². The summed E-state index contributed by atoms with van der Waals surface area (Å²) < 4.78 is 16.6. The number of benzene rings is 1. The van der Waals surface area contributed by atoms with E-state index in [1.54, 1.807) is 30.2 Å². The van der Waals surface area contributed by atoms with Crippen molar-refractivity contribution < 1.29 is 23.8 Å². The Balaban J connectivity index is 1.52. The van der Waals surface area contributed by atoms with Gasteiger partial charge in [0.2, 0.25) is 5.91 Å². The molecule has 0 atom stereocenters. The Kier molecular flexibility index (Phi) is 8.54. The molecule has 1 aromatic carbocycles. The smallest absolute Gasteiger partial charge is 0.254 e. The number of carbonyl (C=O) groups excluding carboxylic acids is 2.